The van der Waals surface area contributed by atoms with Crippen molar-refractivity contribution in [3.8, 4) is 0 Å². The minimum absolute atomic E-state index is 0.0960. The topological polar surface area (TPSA) is 146 Å². The van der Waals surface area contributed by atoms with Gasteiger partial charge in [-0.2, -0.15) is 13.9 Å². The molecule has 0 fully saturated rings. The number of carbonyl (C=O) groups is 2. The van der Waals surface area contributed by atoms with Gasteiger partial charge in [-0.1, -0.05) is 13.3 Å². The number of nitrogens with one attached hydrogen (secondary N) is 3. The Morgan fingerprint density at radius 3 is 2.82 bits per heavy atom. The van der Waals surface area contributed by atoms with E-state index in [0.717, 1.165) is 21.9 Å². The van der Waals surface area contributed by atoms with Crippen LogP contribution in [0.15, 0.2) is 11.4 Å². The van der Waals surface area contributed by atoms with Crippen LogP contribution in [0, 0.1) is 0 Å². The number of thiophene rings is 1. The Labute approximate surface area is 167 Å². The zero-order valence-electron chi connectivity index (χ0n) is 15.5. The van der Waals surface area contributed by atoms with Crippen LogP contribution in [0.3, 0.4) is 0 Å². The van der Waals surface area contributed by atoms with Crippen LogP contribution in [0.2, 0.25) is 0 Å². The number of likely N-dealkylation sites (N-methyl/N-ethyl adjacent to an activating group) is 1. The highest BCUT2D eigenvalue weighted by atomic mass is 32.3. The molecule has 2 heterocycles. The van der Waals surface area contributed by atoms with Crippen molar-refractivity contribution >= 4 is 33.7 Å². The van der Waals surface area contributed by atoms with Crippen molar-refractivity contribution < 1.29 is 31.7 Å². The van der Waals surface area contributed by atoms with E-state index >= 15 is 0 Å². The molecule has 0 aliphatic carbocycles. The summed E-state index contributed by atoms with van der Waals surface area (Å²) in [6.07, 6.45) is 0.554. The van der Waals surface area contributed by atoms with E-state index in [1.54, 1.807) is 23.7 Å². The number of carbonyl (C=O) groups excluding carboxylic acids is 2. The maximum atomic E-state index is 12.6. The lowest BCUT2D eigenvalue weighted by Gasteiger charge is -2.30. The Bertz CT molecular complexity index is 783. The number of fused-ring (bicyclic) bond motifs is 1. The first kappa shape index (κ1) is 22.5. The van der Waals surface area contributed by atoms with Crippen LogP contribution in [0.25, 0.3) is 0 Å². The van der Waals surface area contributed by atoms with Crippen molar-refractivity contribution in [2.75, 3.05) is 13.1 Å². The summed E-state index contributed by atoms with van der Waals surface area (Å²) in [6.45, 7) is 4.82. The van der Waals surface area contributed by atoms with E-state index in [1.165, 1.54) is 0 Å². The number of nitrogens with zero attached hydrogens (tertiary/aromatic N) is 1. The zero-order valence-corrected chi connectivity index (χ0v) is 17.1. The standard InChI is InChI=1S/C15H24N4O7S2/c1-3-5-11(19(4-2)15(21)18-26-28(22,23)24)14(20)17-25-12-9-16-8-10-6-7-27-13(10)12/h6-7,11-12,16H,3-5,8-9H2,1-2H3,(H,17,20)(H,18,21)(H,22,23,24)/t11-,12?/m0/s1. The molecular formula is C15H24N4O7S2. The summed E-state index contributed by atoms with van der Waals surface area (Å²) >= 11 is 1.54. The summed E-state index contributed by atoms with van der Waals surface area (Å²) in [6, 6.07) is 0.0933. The normalized spacial score (nSPS) is 17.5. The number of urea groups is 1. The van der Waals surface area contributed by atoms with Crippen LogP contribution < -0.4 is 16.3 Å². The summed E-state index contributed by atoms with van der Waals surface area (Å²) in [7, 11) is -4.86. The smallest absolute Gasteiger partial charge is 0.311 e. The van der Waals surface area contributed by atoms with Crippen LogP contribution in [0.5, 0.6) is 0 Å². The van der Waals surface area contributed by atoms with E-state index in [9.17, 15) is 18.0 Å². The number of hydroxylamine groups is 2. The second-order valence-corrected chi connectivity index (χ2v) is 7.99. The SMILES string of the molecule is CCC[C@@H](C(=O)NOC1CNCc2ccsc21)N(CC)C(=O)NOS(=O)(=O)O. The van der Waals surface area contributed by atoms with Crippen LogP contribution in [-0.4, -0.2) is 48.9 Å². The summed E-state index contributed by atoms with van der Waals surface area (Å²) in [5, 5.41) is 5.15. The van der Waals surface area contributed by atoms with Gasteiger partial charge >= 0.3 is 16.4 Å². The van der Waals surface area contributed by atoms with Gasteiger partial charge in [-0.15, -0.1) is 15.6 Å². The molecule has 1 aromatic rings. The molecule has 4 N–H and O–H groups in total. The first-order chi connectivity index (χ1) is 13.3. The van der Waals surface area contributed by atoms with Gasteiger partial charge in [-0.05, 0) is 30.4 Å². The molecule has 0 saturated heterocycles. The van der Waals surface area contributed by atoms with Gasteiger partial charge in [-0.25, -0.2) is 10.3 Å². The largest absolute Gasteiger partial charge is 0.418 e. The molecular weight excluding hydrogens is 412 g/mol. The van der Waals surface area contributed by atoms with E-state index < -0.39 is 28.4 Å². The van der Waals surface area contributed by atoms with Crippen molar-refractivity contribution in [3.63, 3.8) is 0 Å². The zero-order chi connectivity index (χ0) is 20.7. The van der Waals surface area contributed by atoms with Gasteiger partial charge in [-0.3, -0.25) is 14.2 Å². The van der Waals surface area contributed by atoms with Crippen molar-refractivity contribution in [3.05, 3.63) is 21.9 Å². The molecule has 0 aromatic carbocycles. The van der Waals surface area contributed by atoms with Gasteiger partial charge in [0, 0.05) is 24.5 Å². The fourth-order valence-electron chi connectivity index (χ4n) is 2.85. The molecule has 2 rings (SSSR count). The molecule has 1 aliphatic rings. The van der Waals surface area contributed by atoms with Gasteiger partial charge in [0.15, 0.2) is 0 Å². The lowest BCUT2D eigenvalue weighted by atomic mass is 10.1. The number of hydrogen-bond donors (Lipinski definition) is 4. The van der Waals surface area contributed by atoms with Crippen molar-refractivity contribution in [1.82, 2.24) is 21.2 Å². The van der Waals surface area contributed by atoms with Gasteiger partial charge in [0.05, 0.1) is 0 Å². The molecule has 3 amide bonds. The molecule has 0 spiro atoms. The highest BCUT2D eigenvalue weighted by Crippen LogP contribution is 2.29. The molecule has 1 aliphatic heterocycles. The number of hydrogen-bond acceptors (Lipinski definition) is 8. The van der Waals surface area contributed by atoms with Crippen LogP contribution in [0.1, 0.15) is 43.2 Å². The maximum Gasteiger partial charge on any atom is 0.418 e. The maximum absolute atomic E-state index is 12.6. The molecule has 1 unspecified atom stereocenters. The second-order valence-electron chi connectivity index (χ2n) is 6.02. The molecule has 158 valence electrons. The predicted molar refractivity (Wildman–Crippen MR) is 100 cm³/mol. The van der Waals surface area contributed by atoms with Gasteiger partial charge in [0.2, 0.25) is 0 Å². The summed E-state index contributed by atoms with van der Waals surface area (Å²) in [5.74, 6) is -0.547. The Morgan fingerprint density at radius 2 is 2.18 bits per heavy atom. The van der Waals surface area contributed by atoms with Crippen LogP contribution in [0.4, 0.5) is 4.79 Å². The minimum atomic E-state index is -4.86. The van der Waals surface area contributed by atoms with Crippen molar-refractivity contribution in [1.29, 1.82) is 0 Å². The monoisotopic (exact) mass is 436 g/mol. The molecule has 1 aromatic heterocycles. The molecule has 2 atom stereocenters. The first-order valence-corrected chi connectivity index (χ1v) is 11.0. The summed E-state index contributed by atoms with van der Waals surface area (Å²) in [5.41, 5.74) is 5.12. The average Bonchev–Trinajstić information content (AvgIpc) is 3.13. The van der Waals surface area contributed by atoms with E-state index in [4.69, 9.17) is 9.39 Å². The first-order valence-electron chi connectivity index (χ1n) is 8.71. The predicted octanol–water partition coefficient (Wildman–Crippen LogP) is 0.875. The molecule has 28 heavy (non-hydrogen) atoms. The third kappa shape index (κ3) is 6.12. The molecule has 0 saturated carbocycles. The highest BCUT2D eigenvalue weighted by molar-refractivity contribution is 7.80. The Hall–Kier alpha value is -1.77. The van der Waals surface area contributed by atoms with Crippen LogP contribution >= 0.6 is 11.3 Å². The number of amides is 3. The van der Waals surface area contributed by atoms with E-state index in [-0.39, 0.29) is 12.6 Å². The molecule has 0 bridgehead atoms. The fourth-order valence-corrected chi connectivity index (χ4v) is 3.98. The third-order valence-electron chi connectivity index (χ3n) is 4.10. The average molecular weight is 437 g/mol. The van der Waals surface area contributed by atoms with Gasteiger partial charge < -0.3 is 10.2 Å². The van der Waals surface area contributed by atoms with Gasteiger partial charge in [0.25, 0.3) is 5.91 Å². The van der Waals surface area contributed by atoms with Crippen molar-refractivity contribution in [2.45, 2.75) is 45.4 Å². The lowest BCUT2D eigenvalue weighted by molar-refractivity contribution is -0.143. The highest BCUT2D eigenvalue weighted by Gasteiger charge is 2.31. The Morgan fingerprint density at radius 1 is 1.43 bits per heavy atom. The molecule has 0 radical (unpaired) electrons. The third-order valence-corrected chi connectivity index (χ3v) is 5.44. The minimum Gasteiger partial charge on any atom is -0.311 e. The van der Waals surface area contributed by atoms with Crippen LogP contribution in [-0.2, 0) is 30.9 Å². The molecule has 13 heteroatoms. The Balaban J connectivity index is 2.01. The van der Waals surface area contributed by atoms with Gasteiger partial charge in [0.1, 0.15) is 12.1 Å². The summed E-state index contributed by atoms with van der Waals surface area (Å²) in [4.78, 5) is 32.5. The van der Waals surface area contributed by atoms with E-state index in [2.05, 4.69) is 15.1 Å². The molecule has 11 nitrogen and oxygen atoms in total. The Kier molecular flexibility index (Phi) is 8.15. The lowest BCUT2D eigenvalue weighted by Crippen LogP contribution is -2.53. The van der Waals surface area contributed by atoms with E-state index in [0.29, 0.717) is 19.4 Å². The quantitative estimate of drug-likeness (QED) is 0.329. The van der Waals surface area contributed by atoms with E-state index in [1.807, 2.05) is 18.4 Å². The van der Waals surface area contributed by atoms with Crippen molar-refractivity contribution in [2.24, 2.45) is 0 Å². The number of rotatable bonds is 9. The second kappa shape index (κ2) is 10.1. The fraction of sp³-hybridized carbons (Fsp3) is 0.600. The summed E-state index contributed by atoms with van der Waals surface area (Å²) < 4.78 is 33.7.